The fourth-order valence-corrected chi connectivity index (χ4v) is 3.60. The highest BCUT2D eigenvalue weighted by Crippen LogP contribution is 2.24. The smallest absolute Gasteiger partial charge is 0.349 e. The molecule has 0 aromatic carbocycles. The Hall–Kier alpha value is -1.06. The van der Waals surface area contributed by atoms with E-state index in [-0.39, 0.29) is 18.0 Å². The molecule has 5 nitrogen and oxygen atoms in total. The van der Waals surface area contributed by atoms with Crippen molar-refractivity contribution in [2.75, 3.05) is 13.1 Å². The summed E-state index contributed by atoms with van der Waals surface area (Å²) >= 11 is 0. The second kappa shape index (κ2) is 6.80. The second-order valence-electron chi connectivity index (χ2n) is 4.61. The lowest BCUT2D eigenvalue weighted by atomic mass is 10.4. The topological polar surface area (TPSA) is 68.3 Å². The van der Waals surface area contributed by atoms with Crippen LogP contribution in [0.1, 0.15) is 26.0 Å². The van der Waals surface area contributed by atoms with Gasteiger partial charge in [-0.3, -0.25) is 0 Å². The summed E-state index contributed by atoms with van der Waals surface area (Å²) in [6, 6.07) is 1.33. The van der Waals surface area contributed by atoms with Gasteiger partial charge in [-0.2, -0.15) is 17.5 Å². The summed E-state index contributed by atoms with van der Waals surface area (Å²) < 4.78 is 64.5. The molecule has 1 rings (SSSR count). The Morgan fingerprint density at radius 2 is 1.95 bits per heavy atom. The number of aromatic nitrogens is 1. The molecule has 2 N–H and O–H groups in total. The number of sulfonamides is 1. The first-order chi connectivity index (χ1) is 9.65. The maximum Gasteiger partial charge on any atom is 0.402 e. The molecule has 1 aromatic rings. The van der Waals surface area contributed by atoms with E-state index in [1.165, 1.54) is 12.3 Å². The van der Waals surface area contributed by atoms with Gasteiger partial charge in [-0.1, -0.05) is 6.92 Å². The molecule has 1 heterocycles. The van der Waals surface area contributed by atoms with E-state index < -0.39 is 22.7 Å². The van der Waals surface area contributed by atoms with Crippen molar-refractivity contribution in [3.63, 3.8) is 0 Å². The van der Waals surface area contributed by atoms with E-state index >= 15 is 0 Å². The Labute approximate surface area is 122 Å². The third-order valence-corrected chi connectivity index (χ3v) is 4.79. The van der Waals surface area contributed by atoms with Crippen molar-refractivity contribution in [2.45, 2.75) is 44.4 Å². The molecule has 0 saturated heterocycles. The normalized spacial score (nSPS) is 13.1. The van der Waals surface area contributed by atoms with E-state index in [4.69, 9.17) is 5.73 Å². The molecule has 0 bridgehead atoms. The van der Waals surface area contributed by atoms with Gasteiger partial charge >= 0.3 is 6.18 Å². The number of nitrogens with two attached hydrogens (primary N) is 1. The highest BCUT2D eigenvalue weighted by molar-refractivity contribution is 7.89. The van der Waals surface area contributed by atoms with Crippen LogP contribution in [-0.2, 0) is 23.1 Å². The summed E-state index contributed by atoms with van der Waals surface area (Å²) in [5.41, 5.74) is 6.08. The largest absolute Gasteiger partial charge is 0.402 e. The molecular formula is C12H20F3N3O2S. The first kappa shape index (κ1) is 18.0. The van der Waals surface area contributed by atoms with Crippen molar-refractivity contribution in [1.29, 1.82) is 0 Å². The maximum atomic E-state index is 12.6. The van der Waals surface area contributed by atoms with Gasteiger partial charge in [-0.05, 0) is 19.4 Å². The van der Waals surface area contributed by atoms with Crippen LogP contribution in [0.15, 0.2) is 17.2 Å². The van der Waals surface area contributed by atoms with Gasteiger partial charge in [0.05, 0.1) is 0 Å². The number of aryl methyl sites for hydroxylation is 1. The minimum absolute atomic E-state index is 0.121. The third kappa shape index (κ3) is 4.45. The van der Waals surface area contributed by atoms with Crippen molar-refractivity contribution in [3.05, 3.63) is 18.0 Å². The molecule has 122 valence electrons. The highest BCUT2D eigenvalue weighted by atomic mass is 32.2. The van der Waals surface area contributed by atoms with Gasteiger partial charge in [0.2, 0.25) is 10.0 Å². The van der Waals surface area contributed by atoms with E-state index in [0.717, 1.165) is 0 Å². The third-order valence-electron chi connectivity index (χ3n) is 2.98. The monoisotopic (exact) mass is 327 g/mol. The van der Waals surface area contributed by atoms with Gasteiger partial charge in [0.15, 0.2) is 0 Å². The van der Waals surface area contributed by atoms with Gasteiger partial charge in [-0.25, -0.2) is 8.42 Å². The number of hydrogen-bond donors (Lipinski definition) is 1. The molecule has 0 aliphatic heterocycles. The molecule has 0 aliphatic carbocycles. The van der Waals surface area contributed by atoms with Gasteiger partial charge < -0.3 is 10.3 Å². The molecule has 0 spiro atoms. The zero-order valence-electron chi connectivity index (χ0n) is 12.0. The Bertz CT molecular complexity index is 545. The number of alkyl halides is 3. The second-order valence-corrected chi connectivity index (χ2v) is 6.55. The standard InChI is InChI=1S/C12H20F3N3O2S/c1-3-5-18(9-12(13,14)15)21(19,20)11-6-10(7-16)17(4-2)8-11/h6,8H,3-5,7,9,16H2,1-2H3. The van der Waals surface area contributed by atoms with Crippen LogP contribution in [0.25, 0.3) is 0 Å². The molecule has 9 heteroatoms. The van der Waals surface area contributed by atoms with Crippen LogP contribution in [0.3, 0.4) is 0 Å². The van der Waals surface area contributed by atoms with Crippen LogP contribution in [-0.4, -0.2) is 36.6 Å². The summed E-state index contributed by atoms with van der Waals surface area (Å²) in [5, 5.41) is 0. The molecule has 0 saturated carbocycles. The Balaban J connectivity index is 3.19. The summed E-state index contributed by atoms with van der Waals surface area (Å²) in [5.74, 6) is 0. The minimum atomic E-state index is -4.58. The van der Waals surface area contributed by atoms with Gasteiger partial charge in [-0.15, -0.1) is 0 Å². The molecular weight excluding hydrogens is 307 g/mol. The van der Waals surface area contributed by atoms with Crippen LogP contribution in [0.5, 0.6) is 0 Å². The molecule has 0 amide bonds. The summed E-state index contributed by atoms with van der Waals surface area (Å²) in [6.45, 7) is 2.37. The molecule has 21 heavy (non-hydrogen) atoms. The van der Waals surface area contributed by atoms with Crippen molar-refractivity contribution < 1.29 is 21.6 Å². The molecule has 0 aliphatic rings. The Morgan fingerprint density at radius 3 is 2.33 bits per heavy atom. The number of hydrogen-bond acceptors (Lipinski definition) is 3. The highest BCUT2D eigenvalue weighted by Gasteiger charge is 2.37. The van der Waals surface area contributed by atoms with E-state index in [2.05, 4.69) is 0 Å². The average Bonchev–Trinajstić information content (AvgIpc) is 2.80. The van der Waals surface area contributed by atoms with Crippen LogP contribution in [0, 0.1) is 0 Å². The molecule has 0 fully saturated rings. The van der Waals surface area contributed by atoms with E-state index in [1.807, 2.05) is 0 Å². The summed E-state index contributed by atoms with van der Waals surface area (Å²) in [7, 11) is -4.18. The van der Waals surface area contributed by atoms with Gasteiger partial charge in [0.25, 0.3) is 0 Å². The van der Waals surface area contributed by atoms with Gasteiger partial charge in [0.1, 0.15) is 11.4 Å². The fourth-order valence-electron chi connectivity index (χ4n) is 2.02. The van der Waals surface area contributed by atoms with E-state index in [9.17, 15) is 21.6 Å². The first-order valence-corrected chi connectivity index (χ1v) is 8.05. The van der Waals surface area contributed by atoms with E-state index in [0.29, 0.717) is 23.0 Å². The zero-order chi connectivity index (χ0) is 16.3. The molecule has 0 atom stereocenters. The predicted octanol–water partition coefficient (Wildman–Crippen LogP) is 1.93. The maximum absolute atomic E-state index is 12.6. The fraction of sp³-hybridized carbons (Fsp3) is 0.667. The van der Waals surface area contributed by atoms with E-state index in [1.54, 1.807) is 18.4 Å². The number of nitrogens with zero attached hydrogens (tertiary/aromatic N) is 2. The zero-order valence-corrected chi connectivity index (χ0v) is 12.8. The Kier molecular flexibility index (Phi) is 5.83. The predicted molar refractivity (Wildman–Crippen MR) is 73.1 cm³/mol. The molecule has 0 radical (unpaired) electrons. The van der Waals surface area contributed by atoms with Crippen LogP contribution in [0.4, 0.5) is 13.2 Å². The lowest BCUT2D eigenvalue weighted by molar-refractivity contribution is -0.136. The molecule has 0 unspecified atom stereocenters. The quantitative estimate of drug-likeness (QED) is 0.832. The lowest BCUT2D eigenvalue weighted by Crippen LogP contribution is -2.39. The Morgan fingerprint density at radius 1 is 1.33 bits per heavy atom. The van der Waals surface area contributed by atoms with Crippen molar-refractivity contribution in [2.24, 2.45) is 5.73 Å². The first-order valence-electron chi connectivity index (χ1n) is 6.61. The summed E-state index contributed by atoms with van der Waals surface area (Å²) in [4.78, 5) is -0.150. The van der Waals surface area contributed by atoms with Crippen LogP contribution >= 0.6 is 0 Å². The SMILES string of the molecule is CCCN(CC(F)(F)F)S(=O)(=O)c1cc(CN)n(CC)c1. The van der Waals surface area contributed by atoms with Gasteiger partial charge in [0, 0.05) is 31.5 Å². The lowest BCUT2D eigenvalue weighted by Gasteiger charge is -2.22. The van der Waals surface area contributed by atoms with Crippen LogP contribution in [0.2, 0.25) is 0 Å². The minimum Gasteiger partial charge on any atom is -0.349 e. The van der Waals surface area contributed by atoms with Crippen LogP contribution < -0.4 is 5.73 Å². The average molecular weight is 327 g/mol. The number of halogens is 3. The number of rotatable bonds is 7. The molecule has 1 aromatic heterocycles. The van der Waals surface area contributed by atoms with Crippen molar-refractivity contribution in [3.8, 4) is 0 Å². The summed E-state index contributed by atoms with van der Waals surface area (Å²) in [6.07, 6.45) is -2.95. The van der Waals surface area contributed by atoms with Crippen molar-refractivity contribution >= 4 is 10.0 Å². The van der Waals surface area contributed by atoms with Crippen molar-refractivity contribution in [1.82, 2.24) is 8.87 Å².